The molecule has 0 spiro atoms. The molecule has 0 unspecified atom stereocenters. The second kappa shape index (κ2) is 3.65. The van der Waals surface area contributed by atoms with Crippen LogP contribution in [0.4, 0.5) is 0 Å². The van der Waals surface area contributed by atoms with Crippen LogP contribution in [0.1, 0.15) is 13.3 Å². The van der Waals surface area contributed by atoms with E-state index in [1.54, 1.807) is 11.6 Å². The van der Waals surface area contributed by atoms with Crippen molar-refractivity contribution in [3.8, 4) is 0 Å². The molecule has 0 aromatic rings. The first-order chi connectivity index (χ1) is 4.45. The van der Waals surface area contributed by atoms with Gasteiger partial charge in [0.15, 0.2) is 0 Å². The summed E-state index contributed by atoms with van der Waals surface area (Å²) in [7, 11) is -4.20. The minimum Gasteiger partial charge on any atom is -0.298 e. The largest absolute Gasteiger partial charge is 0.333 e. The van der Waals surface area contributed by atoms with Crippen LogP contribution in [-0.4, -0.2) is 25.3 Å². The van der Waals surface area contributed by atoms with Gasteiger partial charge in [-0.2, -0.15) is 13.1 Å². The van der Waals surface area contributed by atoms with Crippen LogP contribution in [0.25, 0.3) is 0 Å². The maximum Gasteiger partial charge on any atom is 0.333 e. The van der Waals surface area contributed by atoms with E-state index in [1.807, 2.05) is 0 Å². The zero-order chi connectivity index (χ0) is 8.20. The number of rotatable bonds is 4. The molecule has 0 atom stereocenters. The molecule has 0 aliphatic carbocycles. The van der Waals surface area contributed by atoms with Crippen LogP contribution in [0, 0.1) is 0 Å². The quantitative estimate of drug-likeness (QED) is 0.545. The standard InChI is InChI=1S/C4H9NO4S/c1-2-4(6)3-5-10(7,8)9/h5H,2-3H2,1H3,(H,7,8,9). The lowest BCUT2D eigenvalue weighted by Gasteiger charge is -1.96. The molecule has 0 aromatic carbocycles. The molecule has 6 heteroatoms. The first-order valence-corrected chi connectivity index (χ1v) is 4.13. The van der Waals surface area contributed by atoms with Crippen LogP contribution in [0.2, 0.25) is 0 Å². The lowest BCUT2D eigenvalue weighted by Crippen LogP contribution is -2.28. The average molecular weight is 167 g/mol. The lowest BCUT2D eigenvalue weighted by molar-refractivity contribution is -0.117. The van der Waals surface area contributed by atoms with E-state index >= 15 is 0 Å². The minimum absolute atomic E-state index is 0.252. The first kappa shape index (κ1) is 9.54. The fourth-order valence-corrected chi connectivity index (χ4v) is 0.640. The predicted octanol–water partition coefficient (Wildman–Crippen LogP) is -0.642. The summed E-state index contributed by atoms with van der Waals surface area (Å²) >= 11 is 0. The first-order valence-electron chi connectivity index (χ1n) is 2.69. The van der Waals surface area contributed by atoms with Gasteiger partial charge in [-0.15, -0.1) is 0 Å². The van der Waals surface area contributed by atoms with Gasteiger partial charge < -0.3 is 0 Å². The Morgan fingerprint density at radius 1 is 1.60 bits per heavy atom. The van der Waals surface area contributed by atoms with Gasteiger partial charge in [-0.05, 0) is 0 Å². The van der Waals surface area contributed by atoms with Crippen LogP contribution < -0.4 is 4.72 Å². The van der Waals surface area contributed by atoms with E-state index in [0.29, 0.717) is 0 Å². The van der Waals surface area contributed by atoms with Crippen molar-refractivity contribution in [3.63, 3.8) is 0 Å². The fraction of sp³-hybridized carbons (Fsp3) is 0.750. The Morgan fingerprint density at radius 2 is 2.10 bits per heavy atom. The molecule has 0 radical (unpaired) electrons. The van der Waals surface area contributed by atoms with Crippen molar-refractivity contribution < 1.29 is 17.8 Å². The molecule has 0 aliphatic heterocycles. The molecule has 0 saturated carbocycles. The Hall–Kier alpha value is -0.460. The van der Waals surface area contributed by atoms with Crippen molar-refractivity contribution >= 4 is 16.1 Å². The molecule has 2 N–H and O–H groups in total. The van der Waals surface area contributed by atoms with Crippen molar-refractivity contribution in [1.82, 2.24) is 4.72 Å². The molecular weight excluding hydrogens is 158 g/mol. The number of nitrogens with one attached hydrogen (secondary N) is 1. The van der Waals surface area contributed by atoms with E-state index < -0.39 is 10.3 Å². The Labute approximate surface area is 59.3 Å². The van der Waals surface area contributed by atoms with Crippen LogP contribution in [0.5, 0.6) is 0 Å². The van der Waals surface area contributed by atoms with Gasteiger partial charge in [0.25, 0.3) is 0 Å². The average Bonchev–Trinajstić information content (AvgIpc) is 1.81. The molecule has 10 heavy (non-hydrogen) atoms. The molecule has 0 heterocycles. The molecule has 0 fully saturated rings. The van der Waals surface area contributed by atoms with Crippen LogP contribution in [0.3, 0.4) is 0 Å². The van der Waals surface area contributed by atoms with Gasteiger partial charge in [-0.1, -0.05) is 6.92 Å². The summed E-state index contributed by atoms with van der Waals surface area (Å²) in [6.45, 7) is 1.27. The predicted molar refractivity (Wildman–Crippen MR) is 34.8 cm³/mol. The number of carbonyl (C=O) groups excluding carboxylic acids is 1. The van der Waals surface area contributed by atoms with Gasteiger partial charge in [-0.3, -0.25) is 9.35 Å². The van der Waals surface area contributed by atoms with E-state index in [4.69, 9.17) is 4.55 Å². The molecular formula is C4H9NO4S. The SMILES string of the molecule is CCC(=O)CNS(=O)(=O)O. The van der Waals surface area contributed by atoms with Gasteiger partial charge in [0, 0.05) is 6.42 Å². The zero-order valence-corrected chi connectivity index (χ0v) is 6.31. The molecule has 0 saturated heterocycles. The van der Waals surface area contributed by atoms with E-state index in [9.17, 15) is 13.2 Å². The van der Waals surface area contributed by atoms with E-state index in [0.717, 1.165) is 0 Å². The number of hydrogen-bond acceptors (Lipinski definition) is 3. The van der Waals surface area contributed by atoms with Crippen molar-refractivity contribution in [1.29, 1.82) is 0 Å². The van der Waals surface area contributed by atoms with Crippen molar-refractivity contribution in [2.75, 3.05) is 6.54 Å². The number of hydrogen-bond donors (Lipinski definition) is 2. The third-order valence-corrected chi connectivity index (χ3v) is 1.36. The maximum absolute atomic E-state index is 10.4. The number of Topliss-reactive ketones (excluding diaryl/α,β-unsaturated/α-hetero) is 1. The van der Waals surface area contributed by atoms with Crippen molar-refractivity contribution in [3.05, 3.63) is 0 Å². The topological polar surface area (TPSA) is 83.5 Å². The normalized spacial score (nSPS) is 11.4. The van der Waals surface area contributed by atoms with Crippen molar-refractivity contribution in [2.24, 2.45) is 0 Å². The third-order valence-electron chi connectivity index (χ3n) is 0.846. The van der Waals surface area contributed by atoms with Gasteiger partial charge in [0.05, 0.1) is 6.54 Å². The van der Waals surface area contributed by atoms with Crippen LogP contribution >= 0.6 is 0 Å². The molecule has 0 aromatic heterocycles. The second-order valence-electron chi connectivity index (χ2n) is 1.69. The van der Waals surface area contributed by atoms with Crippen LogP contribution in [0.15, 0.2) is 0 Å². The van der Waals surface area contributed by atoms with Crippen molar-refractivity contribution in [2.45, 2.75) is 13.3 Å². The summed E-state index contributed by atoms with van der Waals surface area (Å²) in [6.07, 6.45) is 0.252. The third kappa shape index (κ3) is 5.67. The number of carbonyl (C=O) groups is 1. The summed E-state index contributed by atoms with van der Waals surface area (Å²) in [5, 5.41) is 0. The summed E-state index contributed by atoms with van der Waals surface area (Å²) in [4.78, 5) is 10.4. The van der Waals surface area contributed by atoms with E-state index in [-0.39, 0.29) is 18.7 Å². The van der Waals surface area contributed by atoms with Gasteiger partial charge >= 0.3 is 10.3 Å². The second-order valence-corrected chi connectivity index (χ2v) is 2.93. The Balaban J connectivity index is 3.67. The lowest BCUT2D eigenvalue weighted by atomic mass is 10.3. The smallest absolute Gasteiger partial charge is 0.298 e. The highest BCUT2D eigenvalue weighted by Crippen LogP contribution is 1.79. The molecule has 0 amide bonds. The Morgan fingerprint density at radius 3 is 2.40 bits per heavy atom. The molecule has 60 valence electrons. The molecule has 5 nitrogen and oxygen atoms in total. The minimum atomic E-state index is -4.20. The summed E-state index contributed by atoms with van der Waals surface area (Å²) in [6, 6.07) is 0. The van der Waals surface area contributed by atoms with Gasteiger partial charge in [0.2, 0.25) is 0 Å². The Bertz CT molecular complexity index is 207. The molecule has 0 aliphatic rings. The van der Waals surface area contributed by atoms with E-state index in [1.165, 1.54) is 0 Å². The molecule has 0 bridgehead atoms. The highest BCUT2D eigenvalue weighted by Gasteiger charge is 2.04. The summed E-state index contributed by atoms with van der Waals surface area (Å²) in [5.41, 5.74) is 0. The van der Waals surface area contributed by atoms with Crippen LogP contribution in [-0.2, 0) is 15.1 Å². The maximum atomic E-state index is 10.4. The highest BCUT2D eigenvalue weighted by atomic mass is 32.2. The van der Waals surface area contributed by atoms with Gasteiger partial charge in [-0.25, -0.2) is 0 Å². The highest BCUT2D eigenvalue weighted by molar-refractivity contribution is 7.83. The fourth-order valence-electron chi connectivity index (χ4n) is 0.297. The molecule has 0 rings (SSSR count). The Kier molecular flexibility index (Phi) is 3.48. The number of ketones is 1. The van der Waals surface area contributed by atoms with E-state index in [2.05, 4.69) is 0 Å². The summed E-state index contributed by atoms with van der Waals surface area (Å²) < 4.78 is 29.6. The monoisotopic (exact) mass is 167 g/mol. The van der Waals surface area contributed by atoms with Gasteiger partial charge in [0.1, 0.15) is 5.78 Å². The summed E-state index contributed by atoms with van der Waals surface area (Å²) in [5.74, 6) is -0.266. The zero-order valence-electron chi connectivity index (χ0n) is 5.49.